The van der Waals surface area contributed by atoms with Crippen molar-refractivity contribution in [1.82, 2.24) is 0 Å². The van der Waals surface area contributed by atoms with E-state index in [1.807, 2.05) is 18.2 Å². The normalized spacial score (nSPS) is 11.7. The van der Waals surface area contributed by atoms with Crippen molar-refractivity contribution in [2.45, 2.75) is 19.3 Å². The smallest absolute Gasteiger partial charge is 0.103 e. The van der Waals surface area contributed by atoms with Gasteiger partial charge < -0.3 is 5.32 Å². The molecule has 2 aromatic rings. The molecule has 0 saturated carbocycles. The molecule has 2 rings (SSSR count). The molecule has 0 spiro atoms. The van der Waals surface area contributed by atoms with Crippen LogP contribution in [0.5, 0.6) is 0 Å². The van der Waals surface area contributed by atoms with Crippen molar-refractivity contribution in [2.75, 3.05) is 11.9 Å². The third-order valence-electron chi connectivity index (χ3n) is 3.39. The molecule has 0 aliphatic heterocycles. The lowest BCUT2D eigenvalue weighted by Gasteiger charge is -2.14. The molecule has 3 heteroatoms. The first-order chi connectivity index (χ1) is 9.72. The fourth-order valence-electron chi connectivity index (χ4n) is 2.16. The van der Waals surface area contributed by atoms with Gasteiger partial charge in [-0.15, -0.1) is 0 Å². The van der Waals surface area contributed by atoms with Crippen molar-refractivity contribution >= 4 is 17.3 Å². The number of anilines is 1. The summed E-state index contributed by atoms with van der Waals surface area (Å²) in [5.74, 6) is 0.480. The summed E-state index contributed by atoms with van der Waals surface area (Å²) < 4.78 is 0. The Kier molecular flexibility index (Phi) is 5.03. The first-order valence-electron chi connectivity index (χ1n) is 6.70. The molecule has 0 radical (unpaired) electrons. The highest BCUT2D eigenvalue weighted by Gasteiger charge is 2.07. The van der Waals surface area contributed by atoms with Gasteiger partial charge in [-0.25, -0.2) is 0 Å². The molecular weight excluding hydrogens is 268 g/mol. The number of nitriles is 1. The maximum absolute atomic E-state index is 9.11. The molecule has 102 valence electrons. The van der Waals surface area contributed by atoms with Crippen LogP contribution in [0.1, 0.15) is 30.4 Å². The summed E-state index contributed by atoms with van der Waals surface area (Å²) in [6, 6.07) is 18.0. The van der Waals surface area contributed by atoms with Gasteiger partial charge in [0.1, 0.15) is 6.07 Å². The summed E-state index contributed by atoms with van der Waals surface area (Å²) in [4.78, 5) is 0. The van der Waals surface area contributed by atoms with Crippen LogP contribution in [0.25, 0.3) is 0 Å². The van der Waals surface area contributed by atoms with Gasteiger partial charge in [0.15, 0.2) is 0 Å². The summed E-state index contributed by atoms with van der Waals surface area (Å²) in [6.07, 6.45) is 1.00. The van der Waals surface area contributed by atoms with E-state index in [2.05, 4.69) is 42.6 Å². The standard InChI is InChI=1S/C17H17ClN2/c1-13(14-6-3-2-4-7-14)10-11-20-17-9-5-8-16(18)15(17)12-19/h2-9,13,20H,10-11H2,1H3. The van der Waals surface area contributed by atoms with Gasteiger partial charge >= 0.3 is 0 Å². The summed E-state index contributed by atoms with van der Waals surface area (Å²) in [5.41, 5.74) is 2.66. The minimum Gasteiger partial charge on any atom is -0.384 e. The summed E-state index contributed by atoms with van der Waals surface area (Å²) in [6.45, 7) is 3.02. The second kappa shape index (κ2) is 6.98. The maximum atomic E-state index is 9.11. The molecular formula is C17H17ClN2. The monoisotopic (exact) mass is 284 g/mol. The van der Waals surface area contributed by atoms with Gasteiger partial charge in [-0.05, 0) is 30.0 Å². The molecule has 0 fully saturated rings. The predicted octanol–water partition coefficient (Wildman–Crippen LogP) is 4.82. The van der Waals surface area contributed by atoms with E-state index in [1.165, 1.54) is 5.56 Å². The third kappa shape index (κ3) is 3.53. The fraction of sp³-hybridized carbons (Fsp3) is 0.235. The first kappa shape index (κ1) is 14.4. The number of hydrogen-bond acceptors (Lipinski definition) is 2. The lowest BCUT2D eigenvalue weighted by atomic mass is 9.98. The zero-order valence-electron chi connectivity index (χ0n) is 11.4. The minimum atomic E-state index is 0.480. The van der Waals surface area contributed by atoms with Gasteiger partial charge in [0, 0.05) is 6.54 Å². The highest BCUT2D eigenvalue weighted by molar-refractivity contribution is 6.32. The van der Waals surface area contributed by atoms with Crippen LogP contribution in [-0.2, 0) is 0 Å². The van der Waals surface area contributed by atoms with Crippen molar-refractivity contribution in [3.63, 3.8) is 0 Å². The van der Waals surface area contributed by atoms with E-state index < -0.39 is 0 Å². The van der Waals surface area contributed by atoms with Crippen molar-refractivity contribution in [3.05, 3.63) is 64.7 Å². The third-order valence-corrected chi connectivity index (χ3v) is 3.70. The molecule has 0 heterocycles. The van der Waals surface area contributed by atoms with Crippen molar-refractivity contribution in [3.8, 4) is 6.07 Å². The highest BCUT2D eigenvalue weighted by atomic mass is 35.5. The Hall–Kier alpha value is -1.98. The van der Waals surface area contributed by atoms with E-state index in [0.717, 1.165) is 18.7 Å². The van der Waals surface area contributed by atoms with E-state index in [-0.39, 0.29) is 0 Å². The zero-order valence-corrected chi connectivity index (χ0v) is 12.2. The molecule has 2 nitrogen and oxygen atoms in total. The summed E-state index contributed by atoms with van der Waals surface area (Å²) in [5, 5.41) is 12.9. The Labute approximate surface area is 125 Å². The molecule has 1 atom stereocenters. The Morgan fingerprint density at radius 2 is 1.90 bits per heavy atom. The topological polar surface area (TPSA) is 35.8 Å². The fourth-order valence-corrected chi connectivity index (χ4v) is 2.37. The number of hydrogen-bond donors (Lipinski definition) is 1. The molecule has 1 N–H and O–H groups in total. The molecule has 0 aliphatic rings. The second-order valence-corrected chi connectivity index (χ2v) is 5.21. The quantitative estimate of drug-likeness (QED) is 0.854. The highest BCUT2D eigenvalue weighted by Crippen LogP contribution is 2.24. The van der Waals surface area contributed by atoms with Crippen LogP contribution < -0.4 is 5.32 Å². The average Bonchev–Trinajstić information content (AvgIpc) is 2.48. The molecule has 0 aliphatic carbocycles. The Balaban J connectivity index is 1.94. The van der Waals surface area contributed by atoms with Gasteiger partial charge in [0.05, 0.1) is 16.3 Å². The molecule has 0 amide bonds. The van der Waals surface area contributed by atoms with E-state index in [0.29, 0.717) is 16.5 Å². The SMILES string of the molecule is CC(CCNc1cccc(Cl)c1C#N)c1ccccc1. The largest absolute Gasteiger partial charge is 0.384 e. The molecule has 20 heavy (non-hydrogen) atoms. The van der Waals surface area contributed by atoms with Crippen LogP contribution in [0.4, 0.5) is 5.69 Å². The Bertz CT molecular complexity index is 602. The first-order valence-corrected chi connectivity index (χ1v) is 7.07. The molecule has 0 aromatic heterocycles. The Morgan fingerprint density at radius 1 is 1.15 bits per heavy atom. The van der Waals surface area contributed by atoms with Crippen LogP contribution in [0.15, 0.2) is 48.5 Å². The maximum Gasteiger partial charge on any atom is 0.103 e. The van der Waals surface area contributed by atoms with Crippen molar-refractivity contribution in [1.29, 1.82) is 5.26 Å². The van der Waals surface area contributed by atoms with Gasteiger partial charge in [-0.2, -0.15) is 5.26 Å². The number of nitrogens with zero attached hydrogens (tertiary/aromatic N) is 1. The van der Waals surface area contributed by atoms with Crippen LogP contribution in [0, 0.1) is 11.3 Å². The van der Waals surface area contributed by atoms with Gasteiger partial charge in [0.2, 0.25) is 0 Å². The van der Waals surface area contributed by atoms with E-state index in [1.54, 1.807) is 6.07 Å². The minimum absolute atomic E-state index is 0.480. The molecule has 1 unspecified atom stereocenters. The van der Waals surface area contributed by atoms with Gasteiger partial charge in [-0.3, -0.25) is 0 Å². The van der Waals surface area contributed by atoms with Crippen LogP contribution in [0.2, 0.25) is 5.02 Å². The number of benzene rings is 2. The summed E-state index contributed by atoms with van der Waals surface area (Å²) in [7, 11) is 0. The van der Waals surface area contributed by atoms with Gasteiger partial charge in [-0.1, -0.05) is 54.9 Å². The predicted molar refractivity (Wildman–Crippen MR) is 84.1 cm³/mol. The molecule has 2 aromatic carbocycles. The van der Waals surface area contributed by atoms with E-state index >= 15 is 0 Å². The lowest BCUT2D eigenvalue weighted by Crippen LogP contribution is -2.07. The molecule has 0 bridgehead atoms. The van der Waals surface area contributed by atoms with E-state index in [4.69, 9.17) is 16.9 Å². The van der Waals surface area contributed by atoms with Gasteiger partial charge in [0.25, 0.3) is 0 Å². The van der Waals surface area contributed by atoms with Crippen LogP contribution >= 0.6 is 11.6 Å². The van der Waals surface area contributed by atoms with Crippen LogP contribution in [0.3, 0.4) is 0 Å². The van der Waals surface area contributed by atoms with Crippen LogP contribution in [-0.4, -0.2) is 6.54 Å². The average molecular weight is 285 g/mol. The number of rotatable bonds is 5. The van der Waals surface area contributed by atoms with E-state index in [9.17, 15) is 0 Å². The number of halogens is 1. The van der Waals surface area contributed by atoms with Crippen molar-refractivity contribution < 1.29 is 0 Å². The summed E-state index contributed by atoms with van der Waals surface area (Å²) >= 11 is 6.00. The lowest BCUT2D eigenvalue weighted by molar-refractivity contribution is 0.706. The second-order valence-electron chi connectivity index (χ2n) is 4.80. The Morgan fingerprint density at radius 3 is 2.60 bits per heavy atom. The number of nitrogens with one attached hydrogen (secondary N) is 1. The molecule has 0 saturated heterocycles. The van der Waals surface area contributed by atoms with Crippen molar-refractivity contribution in [2.24, 2.45) is 0 Å². The zero-order chi connectivity index (χ0) is 14.4.